The molecule has 164 valence electrons. The van der Waals surface area contributed by atoms with E-state index >= 15 is 0 Å². The number of hydrogen-bond acceptors (Lipinski definition) is 4. The van der Waals surface area contributed by atoms with Crippen molar-refractivity contribution in [2.75, 3.05) is 46.4 Å². The average Bonchev–Trinajstić information content (AvgIpc) is 2.72. The fraction of sp³-hybridized carbons (Fsp3) is 0.682. The minimum atomic E-state index is -0.0576. The van der Waals surface area contributed by atoms with E-state index in [1.54, 1.807) is 0 Å². The van der Waals surface area contributed by atoms with Gasteiger partial charge in [-0.25, -0.2) is 0 Å². The Hall–Kier alpha value is -1.22. The lowest BCUT2D eigenvalue weighted by atomic mass is 9.84. The molecule has 7 heteroatoms. The normalized spacial score (nSPS) is 18.1. The topological polar surface area (TPSA) is 58.1 Å². The fourth-order valence-corrected chi connectivity index (χ4v) is 3.88. The van der Waals surface area contributed by atoms with Crippen LogP contribution in [0.2, 0.25) is 0 Å². The van der Waals surface area contributed by atoms with Gasteiger partial charge in [-0.05, 0) is 43.5 Å². The van der Waals surface area contributed by atoms with Crippen molar-refractivity contribution in [2.24, 2.45) is 4.99 Å². The predicted molar refractivity (Wildman–Crippen MR) is 130 cm³/mol. The van der Waals surface area contributed by atoms with Crippen molar-refractivity contribution < 1.29 is 9.47 Å². The van der Waals surface area contributed by atoms with Crippen LogP contribution in [0.15, 0.2) is 23.2 Å². The van der Waals surface area contributed by atoms with Crippen LogP contribution in [0.5, 0.6) is 11.5 Å². The van der Waals surface area contributed by atoms with Crippen LogP contribution < -0.4 is 20.1 Å². The van der Waals surface area contributed by atoms with Crippen LogP contribution in [0.3, 0.4) is 0 Å². The maximum atomic E-state index is 5.75. The molecule has 6 nitrogen and oxygen atoms in total. The molecule has 1 aromatic carbocycles. The summed E-state index contributed by atoms with van der Waals surface area (Å²) in [6.07, 6.45) is 3.58. The summed E-state index contributed by atoms with van der Waals surface area (Å²) in [6.45, 7) is 12.3. The van der Waals surface area contributed by atoms with Crippen molar-refractivity contribution in [2.45, 2.75) is 51.5 Å². The summed E-state index contributed by atoms with van der Waals surface area (Å²) in [6, 6.07) is 6.75. The van der Waals surface area contributed by atoms with E-state index in [0.717, 1.165) is 24.0 Å². The summed E-state index contributed by atoms with van der Waals surface area (Å²) in [5, 5.41) is 7.13. The molecule has 0 saturated carbocycles. The molecular weight excluding hydrogens is 479 g/mol. The van der Waals surface area contributed by atoms with Crippen LogP contribution in [0.1, 0.15) is 45.6 Å². The number of hydrogen-bond donors (Lipinski definition) is 2. The Morgan fingerprint density at radius 3 is 2.52 bits per heavy atom. The van der Waals surface area contributed by atoms with Gasteiger partial charge in [0.2, 0.25) is 0 Å². The highest BCUT2D eigenvalue weighted by Crippen LogP contribution is 2.34. The van der Waals surface area contributed by atoms with Crippen molar-refractivity contribution in [1.82, 2.24) is 15.5 Å². The smallest absolute Gasteiger partial charge is 0.191 e. The predicted octanol–water partition coefficient (Wildman–Crippen LogP) is 3.39. The van der Waals surface area contributed by atoms with Crippen LogP contribution in [0.4, 0.5) is 0 Å². The zero-order chi connectivity index (χ0) is 20.0. The van der Waals surface area contributed by atoms with E-state index < -0.39 is 0 Å². The average molecular weight is 516 g/mol. The van der Waals surface area contributed by atoms with E-state index in [0.29, 0.717) is 19.3 Å². The second-order valence-corrected chi connectivity index (χ2v) is 8.43. The van der Waals surface area contributed by atoms with Crippen LogP contribution in [-0.2, 0) is 5.41 Å². The van der Waals surface area contributed by atoms with E-state index in [2.05, 4.69) is 53.4 Å². The molecule has 1 saturated heterocycles. The number of benzene rings is 1. The Morgan fingerprint density at radius 2 is 1.86 bits per heavy atom. The lowest BCUT2D eigenvalue weighted by molar-refractivity contribution is 0.171. The fourth-order valence-electron chi connectivity index (χ4n) is 3.88. The summed E-state index contributed by atoms with van der Waals surface area (Å²) >= 11 is 0. The van der Waals surface area contributed by atoms with Crippen LogP contribution >= 0.6 is 24.0 Å². The monoisotopic (exact) mass is 516 g/mol. The summed E-state index contributed by atoms with van der Waals surface area (Å²) in [5.74, 6) is 2.57. The van der Waals surface area contributed by atoms with E-state index in [4.69, 9.17) is 9.47 Å². The zero-order valence-electron chi connectivity index (χ0n) is 18.3. The highest BCUT2D eigenvalue weighted by Gasteiger charge is 2.25. The number of piperidine rings is 1. The number of fused-ring (bicyclic) bond motifs is 1. The number of halogens is 1. The Balaban J connectivity index is 0.00000300. The number of ether oxygens (including phenoxy) is 2. The Labute approximate surface area is 192 Å². The highest BCUT2D eigenvalue weighted by atomic mass is 127. The van der Waals surface area contributed by atoms with Gasteiger partial charge in [-0.2, -0.15) is 0 Å². The maximum Gasteiger partial charge on any atom is 0.191 e. The van der Waals surface area contributed by atoms with Crippen molar-refractivity contribution in [3.8, 4) is 11.5 Å². The first-order valence-corrected chi connectivity index (χ1v) is 10.6. The summed E-state index contributed by atoms with van der Waals surface area (Å²) in [7, 11) is 1.85. The second kappa shape index (κ2) is 11.2. The number of guanidine groups is 1. The first-order valence-electron chi connectivity index (χ1n) is 10.6. The number of likely N-dealkylation sites (tertiary alicyclic amines) is 1. The molecule has 0 radical (unpaired) electrons. The third-order valence-corrected chi connectivity index (χ3v) is 5.71. The molecule has 0 unspecified atom stereocenters. The first kappa shape index (κ1) is 24.1. The molecule has 1 aromatic rings. The largest absolute Gasteiger partial charge is 0.486 e. The van der Waals surface area contributed by atoms with Gasteiger partial charge >= 0.3 is 0 Å². The molecule has 0 spiro atoms. The highest BCUT2D eigenvalue weighted by molar-refractivity contribution is 14.0. The van der Waals surface area contributed by atoms with Crippen LogP contribution in [0.25, 0.3) is 0 Å². The molecule has 0 aromatic heterocycles. The van der Waals surface area contributed by atoms with Gasteiger partial charge < -0.3 is 25.0 Å². The number of nitrogens with zero attached hydrogens (tertiary/aromatic N) is 2. The molecule has 2 N–H and O–H groups in total. The van der Waals surface area contributed by atoms with Gasteiger partial charge in [0.15, 0.2) is 17.5 Å². The number of aliphatic imine (C=N–C) groups is 1. The van der Waals surface area contributed by atoms with E-state index in [9.17, 15) is 0 Å². The molecule has 0 bridgehead atoms. The first-order chi connectivity index (χ1) is 13.5. The lowest BCUT2D eigenvalue weighted by Crippen LogP contribution is -2.50. The van der Waals surface area contributed by atoms with Crippen LogP contribution in [-0.4, -0.2) is 63.3 Å². The second-order valence-electron chi connectivity index (χ2n) is 8.43. The van der Waals surface area contributed by atoms with E-state index in [-0.39, 0.29) is 29.4 Å². The number of rotatable bonds is 6. The molecule has 2 aliphatic rings. The van der Waals surface area contributed by atoms with Gasteiger partial charge in [0.1, 0.15) is 13.2 Å². The summed E-state index contributed by atoms with van der Waals surface area (Å²) in [5.41, 5.74) is 1.17. The molecule has 2 aliphatic heterocycles. The third kappa shape index (κ3) is 6.64. The lowest BCUT2D eigenvalue weighted by Gasteiger charge is -2.33. The maximum absolute atomic E-state index is 5.75. The van der Waals surface area contributed by atoms with Crippen molar-refractivity contribution in [3.05, 3.63) is 23.8 Å². The molecule has 1 fully saturated rings. The molecule has 3 rings (SSSR count). The van der Waals surface area contributed by atoms with Gasteiger partial charge in [0, 0.05) is 38.1 Å². The zero-order valence-corrected chi connectivity index (χ0v) is 20.6. The van der Waals surface area contributed by atoms with E-state index in [1.165, 1.54) is 44.5 Å². The molecule has 0 aliphatic carbocycles. The summed E-state index contributed by atoms with van der Waals surface area (Å²) in [4.78, 5) is 7.00. The quantitative estimate of drug-likeness (QED) is 0.345. The van der Waals surface area contributed by atoms with Gasteiger partial charge in [0.05, 0.1) is 0 Å². The summed E-state index contributed by atoms with van der Waals surface area (Å²) < 4.78 is 11.4. The van der Waals surface area contributed by atoms with Gasteiger partial charge in [-0.1, -0.05) is 26.8 Å². The van der Waals surface area contributed by atoms with Crippen molar-refractivity contribution in [1.29, 1.82) is 0 Å². The molecule has 2 heterocycles. The van der Waals surface area contributed by atoms with Gasteiger partial charge in [-0.15, -0.1) is 24.0 Å². The Bertz CT molecular complexity index is 673. The minimum absolute atomic E-state index is 0. The Morgan fingerprint density at radius 1 is 1.17 bits per heavy atom. The Kier molecular flexibility index (Phi) is 9.33. The molecular formula is C22H37IN4O2. The van der Waals surface area contributed by atoms with Gasteiger partial charge in [0.25, 0.3) is 0 Å². The SMILES string of the molecule is CCCN1CCC(NC(=NC)NCC(C)(C)c2ccc3c(c2)OCCO3)CC1.I. The van der Waals surface area contributed by atoms with E-state index in [1.807, 2.05) is 13.1 Å². The van der Waals surface area contributed by atoms with Crippen molar-refractivity contribution in [3.63, 3.8) is 0 Å². The third-order valence-electron chi connectivity index (χ3n) is 5.71. The standard InChI is InChI=1S/C22H36N4O2.HI/c1-5-10-26-11-8-18(9-12-26)25-21(23-4)24-16-22(2,3)17-6-7-19-20(15-17)28-14-13-27-19;/h6-7,15,18H,5,8-14,16H2,1-4H3,(H2,23,24,25);1H. The van der Waals surface area contributed by atoms with Crippen LogP contribution in [0, 0.1) is 0 Å². The molecule has 0 amide bonds. The number of nitrogens with one attached hydrogen (secondary N) is 2. The van der Waals surface area contributed by atoms with Gasteiger partial charge in [-0.3, -0.25) is 4.99 Å². The minimum Gasteiger partial charge on any atom is -0.486 e. The van der Waals surface area contributed by atoms with Crippen molar-refractivity contribution >= 4 is 29.9 Å². The molecule has 29 heavy (non-hydrogen) atoms. The molecule has 0 atom stereocenters.